The van der Waals surface area contributed by atoms with Gasteiger partial charge in [-0.05, 0) is 38.5 Å². The number of nitrogens with one attached hydrogen (secondary N) is 1. The molecule has 6 nitrogen and oxygen atoms in total. The van der Waals surface area contributed by atoms with E-state index in [1.807, 2.05) is 0 Å². The SMILES string of the molecule is CN(CC1CCCCO1)C(=O)N[C@H]1CC[C@@H](C(=O)O)C1. The van der Waals surface area contributed by atoms with E-state index in [1.165, 1.54) is 0 Å². The van der Waals surface area contributed by atoms with E-state index >= 15 is 0 Å². The molecular formula is C14H24N2O4. The van der Waals surface area contributed by atoms with Gasteiger partial charge < -0.3 is 20.1 Å². The van der Waals surface area contributed by atoms with Gasteiger partial charge in [-0.15, -0.1) is 0 Å². The molecule has 0 bridgehead atoms. The minimum atomic E-state index is -0.759. The lowest BCUT2D eigenvalue weighted by Crippen LogP contribution is -2.45. The summed E-state index contributed by atoms with van der Waals surface area (Å²) >= 11 is 0. The maximum absolute atomic E-state index is 12.1. The topological polar surface area (TPSA) is 78.9 Å². The number of likely N-dealkylation sites (N-methyl/N-ethyl adjacent to an activating group) is 1. The smallest absolute Gasteiger partial charge is 0.317 e. The Morgan fingerprint density at radius 1 is 1.30 bits per heavy atom. The van der Waals surface area contributed by atoms with Gasteiger partial charge in [0, 0.05) is 26.2 Å². The van der Waals surface area contributed by atoms with Crippen LogP contribution in [0.3, 0.4) is 0 Å². The van der Waals surface area contributed by atoms with Crippen molar-refractivity contribution in [1.29, 1.82) is 0 Å². The van der Waals surface area contributed by atoms with E-state index in [4.69, 9.17) is 9.84 Å². The number of carbonyl (C=O) groups is 2. The number of aliphatic carboxylic acids is 1. The number of carboxylic acids is 1. The molecule has 114 valence electrons. The van der Waals surface area contributed by atoms with Crippen LogP contribution in [0.5, 0.6) is 0 Å². The average Bonchev–Trinajstić information content (AvgIpc) is 2.88. The molecule has 3 atom stereocenters. The van der Waals surface area contributed by atoms with Crippen molar-refractivity contribution in [2.45, 2.75) is 50.7 Å². The van der Waals surface area contributed by atoms with Crippen LogP contribution in [0, 0.1) is 5.92 Å². The fraction of sp³-hybridized carbons (Fsp3) is 0.857. The lowest BCUT2D eigenvalue weighted by atomic mass is 10.1. The molecule has 2 N–H and O–H groups in total. The highest BCUT2D eigenvalue weighted by Gasteiger charge is 2.31. The van der Waals surface area contributed by atoms with E-state index in [0.717, 1.165) is 32.3 Å². The highest BCUT2D eigenvalue weighted by atomic mass is 16.5. The van der Waals surface area contributed by atoms with Crippen molar-refractivity contribution in [2.75, 3.05) is 20.2 Å². The molecule has 1 saturated carbocycles. The maximum Gasteiger partial charge on any atom is 0.317 e. The summed E-state index contributed by atoms with van der Waals surface area (Å²) < 4.78 is 5.62. The molecule has 0 aromatic carbocycles. The molecule has 1 unspecified atom stereocenters. The summed E-state index contributed by atoms with van der Waals surface area (Å²) in [6.07, 6.45) is 5.33. The zero-order valence-corrected chi connectivity index (χ0v) is 12.0. The predicted octanol–water partition coefficient (Wildman–Crippen LogP) is 1.45. The number of nitrogens with zero attached hydrogens (tertiary/aromatic N) is 1. The molecule has 0 spiro atoms. The van der Waals surface area contributed by atoms with Crippen LogP contribution in [0.15, 0.2) is 0 Å². The van der Waals surface area contributed by atoms with Gasteiger partial charge in [0.2, 0.25) is 0 Å². The highest BCUT2D eigenvalue weighted by molar-refractivity contribution is 5.75. The standard InChI is InChI=1S/C14H24N2O4/c1-16(9-12-4-2-3-7-20-12)14(19)15-11-6-5-10(8-11)13(17)18/h10-12H,2-9H2,1H3,(H,15,19)(H,17,18)/t10-,11+,12?/m1/s1. The summed E-state index contributed by atoms with van der Waals surface area (Å²) in [4.78, 5) is 24.6. The molecule has 1 aliphatic heterocycles. The molecule has 2 rings (SSSR count). The first-order valence-corrected chi connectivity index (χ1v) is 7.42. The number of hydrogen-bond acceptors (Lipinski definition) is 3. The van der Waals surface area contributed by atoms with Gasteiger partial charge in [-0.2, -0.15) is 0 Å². The zero-order valence-electron chi connectivity index (χ0n) is 12.0. The van der Waals surface area contributed by atoms with Crippen molar-refractivity contribution in [3.63, 3.8) is 0 Å². The van der Waals surface area contributed by atoms with E-state index in [1.54, 1.807) is 11.9 Å². The van der Waals surface area contributed by atoms with Gasteiger partial charge in [0.15, 0.2) is 0 Å². The summed E-state index contributed by atoms with van der Waals surface area (Å²) in [6, 6.07) is -0.145. The lowest BCUT2D eigenvalue weighted by molar-refractivity contribution is -0.141. The Hall–Kier alpha value is -1.30. The predicted molar refractivity (Wildman–Crippen MR) is 73.5 cm³/mol. The number of amides is 2. The molecule has 2 aliphatic rings. The Morgan fingerprint density at radius 3 is 2.70 bits per heavy atom. The van der Waals surface area contributed by atoms with Crippen molar-refractivity contribution >= 4 is 12.0 Å². The number of carbonyl (C=O) groups excluding carboxylic acids is 1. The Morgan fingerprint density at radius 2 is 2.10 bits per heavy atom. The van der Waals surface area contributed by atoms with Crippen LogP contribution < -0.4 is 5.32 Å². The second kappa shape index (κ2) is 6.92. The van der Waals surface area contributed by atoms with Crippen LogP contribution >= 0.6 is 0 Å². The third-order valence-electron chi connectivity index (χ3n) is 4.21. The normalized spacial score (nSPS) is 29.9. The second-order valence-corrected chi connectivity index (χ2v) is 5.86. The van der Waals surface area contributed by atoms with Crippen LogP contribution in [0.25, 0.3) is 0 Å². The van der Waals surface area contributed by atoms with Crippen molar-refractivity contribution < 1.29 is 19.4 Å². The van der Waals surface area contributed by atoms with Crippen molar-refractivity contribution in [3.05, 3.63) is 0 Å². The fourth-order valence-electron chi connectivity index (χ4n) is 2.96. The summed E-state index contributed by atoms with van der Waals surface area (Å²) in [5.74, 6) is -1.07. The van der Waals surface area contributed by atoms with Crippen molar-refractivity contribution in [3.8, 4) is 0 Å². The van der Waals surface area contributed by atoms with E-state index < -0.39 is 5.97 Å². The van der Waals surface area contributed by atoms with E-state index in [9.17, 15) is 9.59 Å². The maximum atomic E-state index is 12.1. The van der Waals surface area contributed by atoms with Gasteiger partial charge in [-0.1, -0.05) is 0 Å². The second-order valence-electron chi connectivity index (χ2n) is 5.86. The van der Waals surface area contributed by atoms with Crippen LogP contribution in [0.1, 0.15) is 38.5 Å². The molecule has 0 radical (unpaired) electrons. The van der Waals surface area contributed by atoms with Crippen LogP contribution in [-0.4, -0.2) is 54.4 Å². The molecule has 1 heterocycles. The minimum Gasteiger partial charge on any atom is -0.481 e. The first-order chi connectivity index (χ1) is 9.56. The summed E-state index contributed by atoms with van der Waals surface area (Å²) in [5.41, 5.74) is 0. The Balaban J connectivity index is 1.72. The first kappa shape index (κ1) is 15.1. The zero-order chi connectivity index (χ0) is 14.5. The van der Waals surface area contributed by atoms with Gasteiger partial charge in [0.25, 0.3) is 0 Å². The Labute approximate surface area is 119 Å². The molecule has 0 aromatic rings. The number of carboxylic acid groups (broad SMARTS) is 1. The van der Waals surface area contributed by atoms with Gasteiger partial charge in [-0.3, -0.25) is 4.79 Å². The largest absolute Gasteiger partial charge is 0.481 e. The fourth-order valence-corrected chi connectivity index (χ4v) is 2.96. The number of rotatable bonds is 4. The third-order valence-corrected chi connectivity index (χ3v) is 4.21. The molecule has 1 saturated heterocycles. The third kappa shape index (κ3) is 4.10. The average molecular weight is 284 g/mol. The van der Waals surface area contributed by atoms with Gasteiger partial charge >= 0.3 is 12.0 Å². The monoisotopic (exact) mass is 284 g/mol. The summed E-state index contributed by atoms with van der Waals surface area (Å²) in [5, 5.41) is 11.9. The Bertz CT molecular complexity index is 355. The van der Waals surface area contributed by atoms with Gasteiger partial charge in [-0.25, -0.2) is 4.79 Å². The van der Waals surface area contributed by atoms with Crippen molar-refractivity contribution in [1.82, 2.24) is 10.2 Å². The van der Waals surface area contributed by atoms with E-state index in [-0.39, 0.29) is 24.1 Å². The molecule has 1 aliphatic carbocycles. The number of urea groups is 1. The van der Waals surface area contributed by atoms with Gasteiger partial charge in [0.1, 0.15) is 0 Å². The number of ether oxygens (including phenoxy) is 1. The van der Waals surface area contributed by atoms with Gasteiger partial charge in [0.05, 0.1) is 12.0 Å². The molecule has 2 amide bonds. The molecule has 2 fully saturated rings. The highest BCUT2D eigenvalue weighted by Crippen LogP contribution is 2.25. The molecule has 0 aromatic heterocycles. The summed E-state index contributed by atoms with van der Waals surface area (Å²) in [7, 11) is 1.76. The van der Waals surface area contributed by atoms with Crippen LogP contribution in [0.4, 0.5) is 4.79 Å². The van der Waals surface area contributed by atoms with Crippen molar-refractivity contribution in [2.24, 2.45) is 5.92 Å². The number of hydrogen-bond donors (Lipinski definition) is 2. The quantitative estimate of drug-likeness (QED) is 0.819. The first-order valence-electron chi connectivity index (χ1n) is 7.42. The van der Waals surface area contributed by atoms with E-state index in [2.05, 4.69) is 5.32 Å². The van der Waals surface area contributed by atoms with Crippen LogP contribution in [0.2, 0.25) is 0 Å². The lowest BCUT2D eigenvalue weighted by Gasteiger charge is -2.28. The molecular weight excluding hydrogens is 260 g/mol. The molecule has 20 heavy (non-hydrogen) atoms. The Kier molecular flexibility index (Phi) is 5.23. The molecule has 6 heteroatoms. The van der Waals surface area contributed by atoms with E-state index in [0.29, 0.717) is 19.4 Å². The minimum absolute atomic E-state index is 0.0154. The summed E-state index contributed by atoms with van der Waals surface area (Å²) in [6.45, 7) is 1.38. The van der Waals surface area contributed by atoms with Crippen LogP contribution in [-0.2, 0) is 9.53 Å².